The second kappa shape index (κ2) is 3.13. The topological polar surface area (TPSA) is 54.4 Å². The Balaban J connectivity index is 2.18. The second-order valence-electron chi connectivity index (χ2n) is 7.34. The largest absolute Gasteiger partial charge is 0.392 e. The fourth-order valence-electron chi connectivity index (χ4n) is 4.49. The van der Waals surface area contributed by atoms with Crippen LogP contribution >= 0.6 is 0 Å². The Hall–Kier alpha value is -0.960. The van der Waals surface area contributed by atoms with Gasteiger partial charge in [0.1, 0.15) is 12.6 Å². The Morgan fingerprint density at radius 2 is 1.94 bits per heavy atom. The van der Waals surface area contributed by atoms with Crippen molar-refractivity contribution in [3.63, 3.8) is 0 Å². The molecule has 0 aromatic rings. The first-order chi connectivity index (χ1) is 8.31. The summed E-state index contributed by atoms with van der Waals surface area (Å²) in [6.07, 6.45) is 3.64. The molecule has 0 unspecified atom stereocenters. The fraction of sp³-hybridized carbons (Fsp3) is 0.733. The molecule has 4 atom stereocenters. The van der Waals surface area contributed by atoms with E-state index in [1.165, 1.54) is 0 Å². The van der Waals surface area contributed by atoms with Gasteiger partial charge in [0.05, 0.1) is 11.5 Å². The van der Waals surface area contributed by atoms with E-state index in [1.807, 2.05) is 6.92 Å². The molecule has 2 fully saturated rings. The van der Waals surface area contributed by atoms with Gasteiger partial charge in [0.2, 0.25) is 0 Å². The van der Waals surface area contributed by atoms with E-state index in [4.69, 9.17) is 0 Å². The summed E-state index contributed by atoms with van der Waals surface area (Å²) in [5.74, 6) is 0.0702. The molecule has 3 nitrogen and oxygen atoms in total. The predicted octanol–water partition coefficient (Wildman–Crippen LogP) is 1.89. The van der Waals surface area contributed by atoms with Crippen LogP contribution in [0.3, 0.4) is 0 Å². The molecule has 0 aromatic heterocycles. The van der Waals surface area contributed by atoms with Crippen LogP contribution in [0.25, 0.3) is 0 Å². The Morgan fingerprint density at radius 1 is 1.28 bits per heavy atom. The molecular formula is C15H20O3. The molecule has 3 rings (SSSR count). The number of aliphatic hydroxyl groups is 1. The highest BCUT2D eigenvalue weighted by atomic mass is 16.3. The number of allylic oxidation sites excluding steroid dienone is 1. The maximum Gasteiger partial charge on any atom is 0.147 e. The molecule has 0 radical (unpaired) electrons. The van der Waals surface area contributed by atoms with Gasteiger partial charge in [0, 0.05) is 16.9 Å². The fourth-order valence-corrected chi connectivity index (χ4v) is 4.49. The smallest absolute Gasteiger partial charge is 0.147 e. The monoisotopic (exact) mass is 248 g/mol. The van der Waals surface area contributed by atoms with Gasteiger partial charge in [-0.25, -0.2) is 0 Å². The van der Waals surface area contributed by atoms with E-state index < -0.39 is 16.9 Å². The number of hydrogen-bond donors (Lipinski definition) is 1. The summed E-state index contributed by atoms with van der Waals surface area (Å²) in [6, 6.07) is 0. The van der Waals surface area contributed by atoms with Crippen molar-refractivity contribution in [2.24, 2.45) is 22.2 Å². The van der Waals surface area contributed by atoms with Gasteiger partial charge in [-0.05, 0) is 24.7 Å². The first-order valence-corrected chi connectivity index (χ1v) is 6.64. The highest BCUT2D eigenvalue weighted by Gasteiger charge is 2.74. The third kappa shape index (κ3) is 1.14. The lowest BCUT2D eigenvalue weighted by molar-refractivity contribution is -0.116. The molecule has 3 heteroatoms. The van der Waals surface area contributed by atoms with E-state index in [-0.39, 0.29) is 11.3 Å². The van der Waals surface area contributed by atoms with Gasteiger partial charge in [-0.15, -0.1) is 0 Å². The molecule has 18 heavy (non-hydrogen) atoms. The van der Waals surface area contributed by atoms with Crippen LogP contribution in [-0.4, -0.2) is 23.8 Å². The molecule has 3 aliphatic carbocycles. The van der Waals surface area contributed by atoms with Crippen LogP contribution in [0.1, 0.15) is 40.0 Å². The van der Waals surface area contributed by atoms with Gasteiger partial charge in [0.25, 0.3) is 0 Å². The zero-order valence-corrected chi connectivity index (χ0v) is 11.2. The van der Waals surface area contributed by atoms with Crippen molar-refractivity contribution in [2.45, 2.75) is 46.1 Å². The molecule has 3 aliphatic rings. The number of rotatable bonds is 2. The van der Waals surface area contributed by atoms with Crippen LogP contribution in [0, 0.1) is 22.2 Å². The standard InChI is InChI=1S/C15H20O3/c1-13(2)4-9-10(5-13)12(18)14(3)7-15(14,8-17)11(9)6-16/h6,8,10,12,18H,4-5,7H2,1-3H3/t10-,12+,14+,15+/m0/s1. The summed E-state index contributed by atoms with van der Waals surface area (Å²) in [5.41, 5.74) is 0.734. The number of hydrogen-bond acceptors (Lipinski definition) is 3. The number of carbonyl (C=O) groups is 2. The van der Waals surface area contributed by atoms with Gasteiger partial charge < -0.3 is 9.90 Å². The lowest BCUT2D eigenvalue weighted by Crippen LogP contribution is -2.39. The molecule has 0 amide bonds. The molecule has 1 N–H and O–H groups in total. The van der Waals surface area contributed by atoms with E-state index in [9.17, 15) is 14.7 Å². The number of aliphatic hydroxyl groups excluding tert-OH is 1. The van der Waals surface area contributed by atoms with Gasteiger partial charge in [0.15, 0.2) is 0 Å². The minimum absolute atomic E-state index is 0.0702. The van der Waals surface area contributed by atoms with Crippen molar-refractivity contribution in [3.05, 3.63) is 11.1 Å². The second-order valence-corrected chi connectivity index (χ2v) is 7.34. The Kier molecular flexibility index (Phi) is 2.10. The van der Waals surface area contributed by atoms with Crippen LogP contribution in [0.5, 0.6) is 0 Å². The number of aldehydes is 2. The Bertz CT molecular complexity index is 476. The van der Waals surface area contributed by atoms with Crippen molar-refractivity contribution >= 4 is 12.6 Å². The van der Waals surface area contributed by atoms with Crippen LogP contribution in [-0.2, 0) is 9.59 Å². The summed E-state index contributed by atoms with van der Waals surface area (Å²) >= 11 is 0. The molecule has 0 aromatic carbocycles. The molecule has 2 saturated carbocycles. The van der Waals surface area contributed by atoms with Crippen molar-refractivity contribution in [1.29, 1.82) is 0 Å². The SMILES string of the molecule is CC1(C)CC2=C(C=O)[C@]3(C=O)C[C@]3(C)[C@H](O)[C@H]2C1. The van der Waals surface area contributed by atoms with Crippen LogP contribution in [0.4, 0.5) is 0 Å². The summed E-state index contributed by atoms with van der Waals surface area (Å²) in [5, 5.41) is 10.6. The third-order valence-corrected chi connectivity index (χ3v) is 5.61. The van der Waals surface area contributed by atoms with E-state index in [0.717, 1.165) is 31.0 Å². The quantitative estimate of drug-likeness (QED) is 0.759. The summed E-state index contributed by atoms with van der Waals surface area (Å²) in [6.45, 7) is 6.27. The number of carbonyl (C=O) groups excluding carboxylic acids is 2. The third-order valence-electron chi connectivity index (χ3n) is 5.61. The van der Waals surface area contributed by atoms with E-state index in [2.05, 4.69) is 13.8 Å². The molecule has 0 heterocycles. The molecule has 98 valence electrons. The first kappa shape index (κ1) is 12.1. The van der Waals surface area contributed by atoms with E-state index in [1.54, 1.807) is 0 Å². The van der Waals surface area contributed by atoms with Crippen LogP contribution < -0.4 is 0 Å². The maximum absolute atomic E-state index is 11.5. The van der Waals surface area contributed by atoms with E-state index in [0.29, 0.717) is 12.0 Å². The van der Waals surface area contributed by atoms with Crippen LogP contribution in [0.2, 0.25) is 0 Å². The molecular weight excluding hydrogens is 228 g/mol. The lowest BCUT2D eigenvalue weighted by atomic mass is 9.71. The van der Waals surface area contributed by atoms with E-state index >= 15 is 0 Å². The minimum atomic E-state index is -0.694. The first-order valence-electron chi connectivity index (χ1n) is 6.64. The lowest BCUT2D eigenvalue weighted by Gasteiger charge is -2.35. The zero-order valence-electron chi connectivity index (χ0n) is 11.2. The predicted molar refractivity (Wildman–Crippen MR) is 66.8 cm³/mol. The zero-order chi connectivity index (χ0) is 13.3. The maximum atomic E-state index is 11.5. The van der Waals surface area contributed by atoms with Crippen molar-refractivity contribution in [2.75, 3.05) is 0 Å². The summed E-state index contributed by atoms with van der Waals surface area (Å²) in [7, 11) is 0. The Morgan fingerprint density at radius 3 is 2.50 bits per heavy atom. The van der Waals surface area contributed by atoms with Crippen molar-refractivity contribution in [3.8, 4) is 0 Å². The molecule has 0 spiro atoms. The summed E-state index contributed by atoms with van der Waals surface area (Å²) < 4.78 is 0. The van der Waals surface area contributed by atoms with Gasteiger partial charge in [-0.2, -0.15) is 0 Å². The van der Waals surface area contributed by atoms with Gasteiger partial charge in [-0.1, -0.05) is 26.3 Å². The number of fused-ring (bicyclic) bond motifs is 2. The van der Waals surface area contributed by atoms with Crippen molar-refractivity contribution < 1.29 is 14.7 Å². The van der Waals surface area contributed by atoms with Gasteiger partial charge >= 0.3 is 0 Å². The van der Waals surface area contributed by atoms with Gasteiger partial charge in [-0.3, -0.25) is 4.79 Å². The highest BCUT2D eigenvalue weighted by molar-refractivity contribution is 5.90. The van der Waals surface area contributed by atoms with Crippen molar-refractivity contribution in [1.82, 2.24) is 0 Å². The molecule has 0 aliphatic heterocycles. The molecule has 0 saturated heterocycles. The van der Waals surface area contributed by atoms with Crippen LogP contribution in [0.15, 0.2) is 11.1 Å². The molecule has 0 bridgehead atoms. The minimum Gasteiger partial charge on any atom is -0.392 e. The normalized spacial score (nSPS) is 48.4. The summed E-state index contributed by atoms with van der Waals surface area (Å²) in [4.78, 5) is 23.0. The average molecular weight is 248 g/mol. The highest BCUT2D eigenvalue weighted by Crippen LogP contribution is 2.74. The Labute approximate surface area is 107 Å². The average Bonchev–Trinajstić information content (AvgIpc) is 2.80.